The zero-order chi connectivity index (χ0) is 18.7. The summed E-state index contributed by atoms with van der Waals surface area (Å²) in [5, 5.41) is 2.67. The van der Waals surface area contributed by atoms with E-state index in [1.54, 1.807) is 11.8 Å². The molecule has 0 radical (unpaired) electrons. The van der Waals surface area contributed by atoms with Gasteiger partial charge in [-0.1, -0.05) is 0 Å². The van der Waals surface area contributed by atoms with E-state index in [9.17, 15) is 18.8 Å². The SMILES string of the molecule is CC(NC(=O)Cn1cnc2ccc(F)cc2c1=O)C(=O)N1CCOCC1. The minimum Gasteiger partial charge on any atom is -0.378 e. The van der Waals surface area contributed by atoms with Gasteiger partial charge in [-0.25, -0.2) is 9.37 Å². The Morgan fingerprint density at radius 1 is 1.35 bits per heavy atom. The molecule has 0 aliphatic carbocycles. The van der Waals surface area contributed by atoms with E-state index in [4.69, 9.17) is 4.74 Å². The Balaban J connectivity index is 1.68. The number of carbonyl (C=O) groups excluding carboxylic acids is 2. The van der Waals surface area contributed by atoms with Gasteiger partial charge in [0.1, 0.15) is 18.4 Å². The maximum atomic E-state index is 13.3. The Labute approximate surface area is 148 Å². The van der Waals surface area contributed by atoms with E-state index < -0.39 is 23.3 Å². The van der Waals surface area contributed by atoms with Gasteiger partial charge in [0, 0.05) is 13.1 Å². The van der Waals surface area contributed by atoms with Crippen LogP contribution in [0, 0.1) is 5.82 Å². The number of aromatic nitrogens is 2. The summed E-state index contributed by atoms with van der Waals surface area (Å²) in [4.78, 5) is 42.5. The number of nitrogens with zero attached hydrogens (tertiary/aromatic N) is 3. The van der Waals surface area contributed by atoms with Gasteiger partial charge in [-0.3, -0.25) is 19.0 Å². The Morgan fingerprint density at radius 2 is 2.08 bits per heavy atom. The quantitative estimate of drug-likeness (QED) is 0.820. The first kappa shape index (κ1) is 18.0. The number of nitrogens with one attached hydrogen (secondary N) is 1. The molecule has 0 saturated carbocycles. The third kappa shape index (κ3) is 3.88. The summed E-state index contributed by atoms with van der Waals surface area (Å²) in [6.07, 6.45) is 1.23. The summed E-state index contributed by atoms with van der Waals surface area (Å²) in [5.74, 6) is -1.25. The standard InChI is InChI=1S/C17H19FN4O4/c1-11(16(24)21-4-6-26-7-5-21)20-15(23)9-22-10-19-14-3-2-12(18)8-13(14)17(22)25/h2-3,8,10-11H,4-7,9H2,1H3,(H,20,23). The van der Waals surface area contributed by atoms with E-state index in [0.29, 0.717) is 31.8 Å². The molecule has 1 aromatic carbocycles. The highest BCUT2D eigenvalue weighted by Gasteiger charge is 2.23. The predicted octanol–water partition coefficient (Wildman–Crippen LogP) is -0.101. The molecule has 1 aromatic heterocycles. The van der Waals surface area contributed by atoms with E-state index in [0.717, 1.165) is 10.6 Å². The van der Waals surface area contributed by atoms with Gasteiger partial charge in [0.2, 0.25) is 11.8 Å². The largest absolute Gasteiger partial charge is 0.378 e. The van der Waals surface area contributed by atoms with Gasteiger partial charge < -0.3 is 15.0 Å². The number of carbonyl (C=O) groups is 2. The van der Waals surface area contributed by atoms with E-state index in [1.807, 2.05) is 0 Å². The molecule has 1 N–H and O–H groups in total. The summed E-state index contributed by atoms with van der Waals surface area (Å²) >= 11 is 0. The molecule has 2 heterocycles. The van der Waals surface area contributed by atoms with Gasteiger partial charge in [-0.15, -0.1) is 0 Å². The van der Waals surface area contributed by atoms with Gasteiger partial charge in [-0.05, 0) is 25.1 Å². The maximum Gasteiger partial charge on any atom is 0.261 e. The number of benzene rings is 1. The average molecular weight is 362 g/mol. The van der Waals surface area contributed by atoms with E-state index >= 15 is 0 Å². The molecule has 1 aliphatic heterocycles. The first-order valence-corrected chi connectivity index (χ1v) is 8.26. The lowest BCUT2D eigenvalue weighted by atomic mass is 10.2. The Kier molecular flexibility index (Phi) is 5.27. The third-order valence-electron chi connectivity index (χ3n) is 4.17. The molecule has 1 unspecified atom stereocenters. The number of morpholine rings is 1. The molecular weight excluding hydrogens is 343 g/mol. The fourth-order valence-corrected chi connectivity index (χ4v) is 2.80. The topological polar surface area (TPSA) is 93.5 Å². The van der Waals surface area contributed by atoms with Crippen LogP contribution in [-0.4, -0.2) is 58.6 Å². The summed E-state index contributed by atoms with van der Waals surface area (Å²) in [5.41, 5.74) is -0.166. The molecule has 138 valence electrons. The lowest BCUT2D eigenvalue weighted by Gasteiger charge is -2.29. The first-order chi connectivity index (χ1) is 12.5. The number of hydrogen-bond donors (Lipinski definition) is 1. The third-order valence-corrected chi connectivity index (χ3v) is 4.17. The highest BCUT2D eigenvalue weighted by Crippen LogP contribution is 2.08. The first-order valence-electron chi connectivity index (χ1n) is 8.26. The summed E-state index contributed by atoms with van der Waals surface area (Å²) in [7, 11) is 0. The minimum atomic E-state index is -0.720. The van der Waals surface area contributed by atoms with Crippen LogP contribution in [0.1, 0.15) is 6.92 Å². The van der Waals surface area contributed by atoms with Crippen molar-refractivity contribution < 1.29 is 18.7 Å². The van der Waals surface area contributed by atoms with Gasteiger partial charge >= 0.3 is 0 Å². The van der Waals surface area contributed by atoms with Crippen molar-refractivity contribution in [1.82, 2.24) is 19.8 Å². The second-order valence-electron chi connectivity index (χ2n) is 6.07. The van der Waals surface area contributed by atoms with Crippen LogP contribution in [0.15, 0.2) is 29.3 Å². The number of fused-ring (bicyclic) bond motifs is 1. The second kappa shape index (κ2) is 7.61. The van der Waals surface area contributed by atoms with Crippen molar-refractivity contribution >= 4 is 22.7 Å². The van der Waals surface area contributed by atoms with E-state index in [-0.39, 0.29) is 17.8 Å². The van der Waals surface area contributed by atoms with Crippen molar-refractivity contribution in [3.05, 3.63) is 40.7 Å². The zero-order valence-electron chi connectivity index (χ0n) is 14.3. The van der Waals surface area contributed by atoms with Crippen LogP contribution in [0.25, 0.3) is 10.9 Å². The fraction of sp³-hybridized carbons (Fsp3) is 0.412. The summed E-state index contributed by atoms with van der Waals surface area (Å²) in [6, 6.07) is 2.98. The lowest BCUT2D eigenvalue weighted by Crippen LogP contribution is -2.51. The molecule has 1 atom stereocenters. The molecule has 9 heteroatoms. The molecule has 1 aliphatic rings. The van der Waals surface area contributed by atoms with Crippen LogP contribution in [0.2, 0.25) is 0 Å². The van der Waals surface area contributed by atoms with Crippen LogP contribution >= 0.6 is 0 Å². The number of rotatable bonds is 4. The van der Waals surface area contributed by atoms with Gasteiger partial charge in [-0.2, -0.15) is 0 Å². The Hall–Kier alpha value is -2.81. The van der Waals surface area contributed by atoms with E-state index in [1.165, 1.54) is 18.5 Å². The molecule has 2 aromatic rings. The summed E-state index contributed by atoms with van der Waals surface area (Å²) in [6.45, 7) is 3.20. The normalized spacial score (nSPS) is 15.7. The lowest BCUT2D eigenvalue weighted by molar-refractivity contribution is -0.139. The highest BCUT2D eigenvalue weighted by atomic mass is 19.1. The smallest absolute Gasteiger partial charge is 0.261 e. The zero-order valence-corrected chi connectivity index (χ0v) is 14.3. The predicted molar refractivity (Wildman–Crippen MR) is 91.0 cm³/mol. The Morgan fingerprint density at radius 3 is 2.81 bits per heavy atom. The number of amides is 2. The fourth-order valence-electron chi connectivity index (χ4n) is 2.80. The van der Waals surface area contributed by atoms with E-state index in [2.05, 4.69) is 10.3 Å². The maximum absolute atomic E-state index is 13.3. The van der Waals surface area contributed by atoms with Crippen molar-refractivity contribution in [3.63, 3.8) is 0 Å². The second-order valence-corrected chi connectivity index (χ2v) is 6.07. The average Bonchev–Trinajstić information content (AvgIpc) is 2.64. The van der Waals surface area contributed by atoms with Crippen molar-refractivity contribution in [2.75, 3.05) is 26.3 Å². The number of ether oxygens (including phenoxy) is 1. The molecule has 2 amide bonds. The van der Waals surface area contributed by atoms with Crippen LogP contribution in [0.3, 0.4) is 0 Å². The van der Waals surface area contributed by atoms with Crippen LogP contribution in [0.4, 0.5) is 4.39 Å². The molecule has 0 spiro atoms. The monoisotopic (exact) mass is 362 g/mol. The van der Waals surface area contributed by atoms with Gasteiger partial charge in [0.25, 0.3) is 5.56 Å². The molecule has 8 nitrogen and oxygen atoms in total. The number of hydrogen-bond acceptors (Lipinski definition) is 5. The van der Waals surface area contributed by atoms with Crippen molar-refractivity contribution in [1.29, 1.82) is 0 Å². The molecule has 26 heavy (non-hydrogen) atoms. The van der Waals surface area contributed by atoms with Crippen LogP contribution in [-0.2, 0) is 20.9 Å². The molecule has 1 fully saturated rings. The summed E-state index contributed by atoms with van der Waals surface area (Å²) < 4.78 is 19.6. The van der Waals surface area contributed by atoms with Crippen molar-refractivity contribution in [2.45, 2.75) is 19.5 Å². The molecule has 0 bridgehead atoms. The molecule has 3 rings (SSSR count). The molecule has 1 saturated heterocycles. The highest BCUT2D eigenvalue weighted by molar-refractivity contribution is 5.87. The number of halogens is 1. The minimum absolute atomic E-state index is 0.0951. The Bertz CT molecular complexity index is 892. The van der Waals surface area contributed by atoms with Crippen molar-refractivity contribution in [3.8, 4) is 0 Å². The van der Waals surface area contributed by atoms with Crippen LogP contribution < -0.4 is 10.9 Å². The van der Waals surface area contributed by atoms with Gasteiger partial charge in [0.05, 0.1) is 30.4 Å². The van der Waals surface area contributed by atoms with Crippen LogP contribution in [0.5, 0.6) is 0 Å². The van der Waals surface area contributed by atoms with Crippen molar-refractivity contribution in [2.24, 2.45) is 0 Å². The van der Waals surface area contributed by atoms with Gasteiger partial charge in [0.15, 0.2) is 0 Å². The molecular formula is C17H19FN4O4.